The summed E-state index contributed by atoms with van der Waals surface area (Å²) in [6.07, 6.45) is 1.65. The zero-order chi connectivity index (χ0) is 22.2. The second-order valence-corrected chi connectivity index (χ2v) is 7.23. The Bertz CT molecular complexity index is 1190. The van der Waals surface area contributed by atoms with Crippen LogP contribution in [0.5, 0.6) is 5.88 Å². The number of carbonyl (C=O) groups excluding carboxylic acids is 1. The second-order valence-electron chi connectivity index (χ2n) is 7.23. The Morgan fingerprint density at radius 3 is 2.31 bits per heavy atom. The molecule has 0 unspecified atom stereocenters. The largest absolute Gasteiger partial charge is 0.470 e. The van der Waals surface area contributed by atoms with E-state index in [0.29, 0.717) is 6.54 Å². The summed E-state index contributed by atoms with van der Waals surface area (Å²) in [6.45, 7) is 2.65. The highest BCUT2D eigenvalue weighted by Gasteiger charge is 2.21. The molecule has 7 heteroatoms. The Morgan fingerprint density at radius 2 is 1.62 bits per heavy atom. The van der Waals surface area contributed by atoms with Gasteiger partial charge in [0.15, 0.2) is 0 Å². The number of hydrogen-bond donors (Lipinski definition) is 1. The molecule has 1 aromatic heterocycles. The number of nitrogens with one attached hydrogen (secondary N) is 1. The maximum absolute atomic E-state index is 12.8. The quantitative estimate of drug-likeness (QED) is 0.433. The fourth-order valence-electron chi connectivity index (χ4n) is 2.97. The van der Waals surface area contributed by atoms with Gasteiger partial charge in [0.2, 0.25) is 5.69 Å². The first-order valence-corrected chi connectivity index (χ1v) is 10.2. The molecule has 0 bridgehead atoms. The first kappa shape index (κ1) is 21.0. The van der Waals surface area contributed by atoms with Crippen molar-refractivity contribution in [3.8, 4) is 5.88 Å². The second kappa shape index (κ2) is 10.2. The monoisotopic (exact) mass is 425 g/mol. The molecule has 0 fully saturated rings. The van der Waals surface area contributed by atoms with E-state index in [0.717, 1.165) is 22.3 Å². The minimum absolute atomic E-state index is 0.0814. The van der Waals surface area contributed by atoms with Gasteiger partial charge in [0.25, 0.3) is 11.8 Å². The summed E-state index contributed by atoms with van der Waals surface area (Å²) >= 11 is 0. The highest BCUT2D eigenvalue weighted by molar-refractivity contribution is 5.94. The van der Waals surface area contributed by atoms with E-state index in [4.69, 9.17) is 4.74 Å². The molecule has 0 aliphatic heterocycles. The molecule has 0 radical (unpaired) electrons. The van der Waals surface area contributed by atoms with Gasteiger partial charge in [0.05, 0.1) is 6.21 Å². The van der Waals surface area contributed by atoms with Crippen molar-refractivity contribution in [3.05, 3.63) is 113 Å². The molecule has 4 aromatic rings. The van der Waals surface area contributed by atoms with Crippen molar-refractivity contribution in [2.45, 2.75) is 20.1 Å². The molecule has 160 valence electrons. The van der Waals surface area contributed by atoms with Gasteiger partial charge in [0, 0.05) is 6.54 Å². The van der Waals surface area contributed by atoms with E-state index in [1.54, 1.807) is 6.21 Å². The van der Waals surface area contributed by atoms with Gasteiger partial charge in [-0.15, -0.1) is 5.10 Å². The van der Waals surface area contributed by atoms with Gasteiger partial charge in [-0.3, -0.25) is 4.79 Å². The lowest BCUT2D eigenvalue weighted by Gasteiger charge is -2.08. The minimum Gasteiger partial charge on any atom is -0.470 e. The molecule has 0 aliphatic carbocycles. The summed E-state index contributed by atoms with van der Waals surface area (Å²) in [4.78, 5) is 14.1. The highest BCUT2D eigenvalue weighted by atomic mass is 16.5. The number of aromatic nitrogens is 3. The SMILES string of the molecule is Cc1ccc(C=Nn2nnc(C(=O)NCc3ccccc3)c2OCc2ccccc2)cc1. The van der Waals surface area contributed by atoms with Crippen LogP contribution in [0.1, 0.15) is 32.7 Å². The maximum atomic E-state index is 12.8. The average molecular weight is 425 g/mol. The van der Waals surface area contributed by atoms with Crippen LogP contribution in [0.25, 0.3) is 0 Å². The number of hydrogen-bond acceptors (Lipinski definition) is 5. The summed E-state index contributed by atoms with van der Waals surface area (Å²) in [6, 6.07) is 27.2. The predicted molar refractivity (Wildman–Crippen MR) is 123 cm³/mol. The first-order valence-electron chi connectivity index (χ1n) is 10.2. The van der Waals surface area contributed by atoms with Gasteiger partial charge in [-0.2, -0.15) is 5.10 Å². The van der Waals surface area contributed by atoms with Crippen molar-refractivity contribution in [2.24, 2.45) is 5.10 Å². The number of rotatable bonds is 8. The maximum Gasteiger partial charge on any atom is 0.277 e. The molecule has 1 N–H and O–H groups in total. The van der Waals surface area contributed by atoms with Crippen molar-refractivity contribution in [1.29, 1.82) is 0 Å². The standard InChI is InChI=1S/C25H23N5O2/c1-19-12-14-21(15-13-19)17-27-30-25(32-18-22-10-6-3-7-11-22)23(28-29-30)24(31)26-16-20-8-4-2-5-9-20/h2-15,17H,16,18H2,1H3,(H,26,31). The van der Waals surface area contributed by atoms with Crippen molar-refractivity contribution in [2.75, 3.05) is 0 Å². The predicted octanol–water partition coefficient (Wildman–Crippen LogP) is 3.98. The highest BCUT2D eigenvalue weighted by Crippen LogP contribution is 2.18. The van der Waals surface area contributed by atoms with E-state index in [2.05, 4.69) is 20.7 Å². The van der Waals surface area contributed by atoms with E-state index in [9.17, 15) is 4.79 Å². The van der Waals surface area contributed by atoms with E-state index in [-0.39, 0.29) is 24.1 Å². The average Bonchev–Trinajstić information content (AvgIpc) is 3.25. The molecule has 0 saturated heterocycles. The van der Waals surface area contributed by atoms with Gasteiger partial charge in [0.1, 0.15) is 6.61 Å². The third kappa shape index (κ3) is 5.46. The third-order valence-electron chi connectivity index (χ3n) is 4.74. The number of ether oxygens (including phenoxy) is 1. The molecule has 3 aromatic carbocycles. The van der Waals surface area contributed by atoms with Crippen LogP contribution in [0.15, 0.2) is 90.0 Å². The summed E-state index contributed by atoms with van der Waals surface area (Å²) in [5.74, 6) is -0.198. The minimum atomic E-state index is -0.381. The molecule has 0 spiro atoms. The van der Waals surface area contributed by atoms with Crippen LogP contribution in [-0.2, 0) is 13.2 Å². The fourth-order valence-corrected chi connectivity index (χ4v) is 2.97. The van der Waals surface area contributed by atoms with E-state index >= 15 is 0 Å². The number of amides is 1. The Balaban J connectivity index is 1.55. The van der Waals surface area contributed by atoms with Crippen LogP contribution >= 0.6 is 0 Å². The fraction of sp³-hybridized carbons (Fsp3) is 0.120. The van der Waals surface area contributed by atoms with Crippen LogP contribution in [0, 0.1) is 6.92 Å². The summed E-state index contributed by atoms with van der Waals surface area (Å²) in [5.41, 5.74) is 4.08. The zero-order valence-electron chi connectivity index (χ0n) is 17.7. The molecule has 1 heterocycles. The van der Waals surface area contributed by atoms with Gasteiger partial charge < -0.3 is 10.1 Å². The molecular formula is C25H23N5O2. The number of carbonyl (C=O) groups is 1. The Morgan fingerprint density at radius 1 is 0.969 bits per heavy atom. The Labute approximate surface area is 186 Å². The molecule has 0 aliphatic rings. The van der Waals surface area contributed by atoms with Gasteiger partial charge in [-0.05, 0) is 28.8 Å². The third-order valence-corrected chi connectivity index (χ3v) is 4.74. The molecule has 7 nitrogen and oxygen atoms in total. The molecule has 4 rings (SSSR count). The van der Waals surface area contributed by atoms with Gasteiger partial charge >= 0.3 is 0 Å². The topological polar surface area (TPSA) is 81.4 Å². The van der Waals surface area contributed by atoms with Gasteiger partial charge in [-0.25, -0.2) is 0 Å². The molecule has 0 saturated carbocycles. The van der Waals surface area contributed by atoms with Gasteiger partial charge in [-0.1, -0.05) is 95.3 Å². The summed E-state index contributed by atoms with van der Waals surface area (Å²) in [7, 11) is 0. The molecule has 1 amide bonds. The molecular weight excluding hydrogens is 402 g/mol. The molecule has 32 heavy (non-hydrogen) atoms. The Hall–Kier alpha value is -4.26. The number of nitrogens with zero attached hydrogens (tertiary/aromatic N) is 4. The van der Waals surface area contributed by atoms with E-state index < -0.39 is 0 Å². The zero-order valence-corrected chi connectivity index (χ0v) is 17.7. The first-order chi connectivity index (χ1) is 15.7. The summed E-state index contributed by atoms with van der Waals surface area (Å²) < 4.78 is 5.94. The van der Waals surface area contributed by atoms with Crippen LogP contribution in [0.3, 0.4) is 0 Å². The van der Waals surface area contributed by atoms with Crippen molar-refractivity contribution >= 4 is 12.1 Å². The van der Waals surface area contributed by atoms with Crippen molar-refractivity contribution in [1.82, 2.24) is 20.4 Å². The van der Waals surface area contributed by atoms with Crippen LogP contribution in [0.4, 0.5) is 0 Å². The smallest absolute Gasteiger partial charge is 0.277 e. The van der Waals surface area contributed by atoms with Crippen LogP contribution in [-0.4, -0.2) is 27.2 Å². The van der Waals surface area contributed by atoms with Crippen molar-refractivity contribution < 1.29 is 9.53 Å². The van der Waals surface area contributed by atoms with E-state index in [1.807, 2.05) is 91.9 Å². The van der Waals surface area contributed by atoms with Crippen LogP contribution in [0.2, 0.25) is 0 Å². The number of aryl methyl sites for hydroxylation is 1. The lowest BCUT2D eigenvalue weighted by atomic mass is 10.2. The number of benzene rings is 3. The van der Waals surface area contributed by atoms with Crippen LogP contribution < -0.4 is 10.1 Å². The molecule has 0 atom stereocenters. The van der Waals surface area contributed by atoms with Crippen molar-refractivity contribution in [3.63, 3.8) is 0 Å². The van der Waals surface area contributed by atoms with E-state index in [1.165, 1.54) is 4.79 Å². The normalized spacial score (nSPS) is 10.9. The Kier molecular flexibility index (Phi) is 6.67. The lowest BCUT2D eigenvalue weighted by Crippen LogP contribution is -2.24. The summed E-state index contributed by atoms with van der Waals surface area (Å²) in [5, 5.41) is 15.3. The lowest BCUT2D eigenvalue weighted by molar-refractivity contribution is 0.0940.